The highest BCUT2D eigenvalue weighted by molar-refractivity contribution is 5.37. The van der Waals surface area contributed by atoms with Crippen molar-refractivity contribution in [2.75, 3.05) is 0 Å². The lowest BCUT2D eigenvalue weighted by Crippen LogP contribution is -2.30. The van der Waals surface area contributed by atoms with Crippen molar-refractivity contribution >= 4 is 0 Å². The molecule has 1 nitrogen and oxygen atoms in total. The highest BCUT2D eigenvalue weighted by Crippen LogP contribution is 2.43. The van der Waals surface area contributed by atoms with Crippen LogP contribution in [0.2, 0.25) is 0 Å². The smallest absolute Gasteiger partial charge is 0.123 e. The van der Waals surface area contributed by atoms with E-state index in [2.05, 4.69) is 0 Å². The summed E-state index contributed by atoms with van der Waals surface area (Å²) in [5, 5.41) is 0. The summed E-state index contributed by atoms with van der Waals surface area (Å²) < 4.78 is 13.1. The summed E-state index contributed by atoms with van der Waals surface area (Å²) in [4.78, 5) is 0. The maximum Gasteiger partial charge on any atom is 0.123 e. The van der Waals surface area contributed by atoms with E-state index >= 15 is 0 Å². The molecule has 0 atom stereocenters. The van der Waals surface area contributed by atoms with E-state index in [4.69, 9.17) is 5.73 Å². The predicted octanol–water partition coefficient (Wildman–Crippen LogP) is 2.90. The number of nitrogens with two attached hydrogens (primary N) is 1. The fourth-order valence-electron chi connectivity index (χ4n) is 1.85. The van der Waals surface area contributed by atoms with E-state index in [9.17, 15) is 4.39 Å². The first kappa shape index (κ1) is 9.66. The van der Waals surface area contributed by atoms with Gasteiger partial charge in [-0.2, -0.15) is 0 Å². The number of hydrogen-bond donors (Lipinski definition) is 1. The van der Waals surface area contributed by atoms with Gasteiger partial charge in [0.25, 0.3) is 0 Å². The molecule has 0 unspecified atom stereocenters. The van der Waals surface area contributed by atoms with Crippen molar-refractivity contribution < 1.29 is 4.39 Å². The van der Waals surface area contributed by atoms with Gasteiger partial charge in [-0.05, 0) is 55.9 Å². The Morgan fingerprint density at radius 2 is 2.00 bits per heavy atom. The first-order valence-corrected chi connectivity index (χ1v) is 5.07. The van der Waals surface area contributed by atoms with Gasteiger partial charge in [0.15, 0.2) is 0 Å². The summed E-state index contributed by atoms with van der Waals surface area (Å²) >= 11 is 0. The largest absolute Gasteiger partial charge is 0.322 e. The average Bonchev–Trinajstić information content (AvgIpc) is 2.83. The summed E-state index contributed by atoms with van der Waals surface area (Å²) in [5.74, 6) is 0.392. The van der Waals surface area contributed by atoms with Crippen LogP contribution in [-0.4, -0.2) is 0 Å². The molecule has 1 aliphatic carbocycles. The van der Waals surface area contributed by atoms with Crippen LogP contribution < -0.4 is 5.73 Å². The molecular formula is C12H16FN. The van der Waals surface area contributed by atoms with Gasteiger partial charge in [0.05, 0.1) is 0 Å². The molecule has 2 rings (SSSR count). The summed E-state index contributed by atoms with van der Waals surface area (Å²) in [6.45, 7) is 3.93. The monoisotopic (exact) mass is 193 g/mol. The van der Waals surface area contributed by atoms with Crippen LogP contribution in [-0.2, 0) is 5.54 Å². The van der Waals surface area contributed by atoms with E-state index in [1.807, 2.05) is 19.9 Å². The minimum atomic E-state index is -0.369. The Bertz CT molecular complexity index is 348. The fourth-order valence-corrected chi connectivity index (χ4v) is 1.85. The molecule has 1 aromatic rings. The van der Waals surface area contributed by atoms with Crippen LogP contribution in [0.1, 0.15) is 43.7 Å². The van der Waals surface area contributed by atoms with Crippen molar-refractivity contribution in [3.05, 3.63) is 35.1 Å². The molecule has 0 aromatic heterocycles. The Balaban J connectivity index is 2.47. The maximum absolute atomic E-state index is 13.1. The van der Waals surface area contributed by atoms with Crippen molar-refractivity contribution in [3.63, 3.8) is 0 Å². The van der Waals surface area contributed by atoms with Gasteiger partial charge in [-0.25, -0.2) is 4.39 Å². The summed E-state index contributed by atoms with van der Waals surface area (Å²) in [7, 11) is 0. The van der Waals surface area contributed by atoms with E-state index < -0.39 is 0 Å². The van der Waals surface area contributed by atoms with Gasteiger partial charge in [-0.1, -0.05) is 6.07 Å². The zero-order valence-corrected chi connectivity index (χ0v) is 8.68. The molecule has 1 fully saturated rings. The second-order valence-electron chi connectivity index (χ2n) is 4.73. The second-order valence-corrected chi connectivity index (χ2v) is 4.73. The molecule has 1 aromatic carbocycles. The third-order valence-corrected chi connectivity index (χ3v) is 2.72. The molecule has 2 N–H and O–H groups in total. The van der Waals surface area contributed by atoms with E-state index in [1.165, 1.54) is 18.9 Å². The Morgan fingerprint density at radius 3 is 2.50 bits per heavy atom. The van der Waals surface area contributed by atoms with Crippen molar-refractivity contribution in [3.8, 4) is 0 Å². The molecule has 1 aliphatic rings. The number of rotatable bonds is 2. The number of benzene rings is 1. The Hall–Kier alpha value is -0.890. The van der Waals surface area contributed by atoms with Gasteiger partial charge in [-0.3, -0.25) is 0 Å². The molecule has 0 radical (unpaired) electrons. The quantitative estimate of drug-likeness (QED) is 0.767. The molecule has 0 spiro atoms. The molecule has 1 saturated carbocycles. The second kappa shape index (κ2) is 3.06. The number of hydrogen-bond acceptors (Lipinski definition) is 1. The molecule has 0 bridgehead atoms. The van der Waals surface area contributed by atoms with E-state index in [-0.39, 0.29) is 11.4 Å². The van der Waals surface area contributed by atoms with Crippen LogP contribution in [0.15, 0.2) is 18.2 Å². The topological polar surface area (TPSA) is 26.0 Å². The first-order valence-electron chi connectivity index (χ1n) is 5.07. The van der Waals surface area contributed by atoms with Gasteiger partial charge in [-0.15, -0.1) is 0 Å². The molecule has 0 saturated heterocycles. The van der Waals surface area contributed by atoms with E-state index in [1.54, 1.807) is 6.07 Å². The van der Waals surface area contributed by atoms with Crippen LogP contribution in [0.3, 0.4) is 0 Å². The first-order chi connectivity index (χ1) is 6.48. The molecule has 14 heavy (non-hydrogen) atoms. The SMILES string of the molecule is CC(C)(N)c1ccc(F)cc1C1CC1. The summed E-state index contributed by atoms with van der Waals surface area (Å²) in [6.07, 6.45) is 2.35. The van der Waals surface area contributed by atoms with Gasteiger partial charge >= 0.3 is 0 Å². The van der Waals surface area contributed by atoms with Gasteiger partial charge < -0.3 is 5.73 Å². The van der Waals surface area contributed by atoms with Crippen LogP contribution in [0.25, 0.3) is 0 Å². The lowest BCUT2D eigenvalue weighted by molar-refractivity contribution is 0.543. The van der Waals surface area contributed by atoms with Crippen LogP contribution in [0.4, 0.5) is 4.39 Å². The normalized spacial score (nSPS) is 17.1. The van der Waals surface area contributed by atoms with E-state index in [0.717, 1.165) is 11.1 Å². The summed E-state index contributed by atoms with van der Waals surface area (Å²) in [5.41, 5.74) is 7.87. The fraction of sp³-hybridized carbons (Fsp3) is 0.500. The molecule has 0 heterocycles. The van der Waals surface area contributed by atoms with Crippen molar-refractivity contribution in [1.29, 1.82) is 0 Å². The highest BCUT2D eigenvalue weighted by atomic mass is 19.1. The number of halogens is 1. The van der Waals surface area contributed by atoms with Gasteiger partial charge in [0.1, 0.15) is 5.82 Å². The van der Waals surface area contributed by atoms with Gasteiger partial charge in [0.2, 0.25) is 0 Å². The Morgan fingerprint density at radius 1 is 1.36 bits per heavy atom. The third kappa shape index (κ3) is 1.80. The van der Waals surface area contributed by atoms with E-state index in [0.29, 0.717) is 5.92 Å². The Kier molecular flexibility index (Phi) is 2.11. The third-order valence-electron chi connectivity index (χ3n) is 2.72. The zero-order chi connectivity index (χ0) is 10.3. The van der Waals surface area contributed by atoms with Crippen LogP contribution >= 0.6 is 0 Å². The summed E-state index contributed by atoms with van der Waals surface area (Å²) in [6, 6.07) is 4.96. The lowest BCUT2D eigenvalue weighted by atomic mass is 9.89. The van der Waals surface area contributed by atoms with Crippen LogP contribution in [0.5, 0.6) is 0 Å². The molecule has 2 heteroatoms. The maximum atomic E-state index is 13.1. The minimum Gasteiger partial charge on any atom is -0.322 e. The van der Waals surface area contributed by atoms with Crippen molar-refractivity contribution in [2.24, 2.45) is 5.73 Å². The van der Waals surface area contributed by atoms with Crippen molar-refractivity contribution in [1.82, 2.24) is 0 Å². The molecule has 76 valence electrons. The average molecular weight is 193 g/mol. The molecule has 0 aliphatic heterocycles. The Labute approximate surface area is 84.1 Å². The molecular weight excluding hydrogens is 177 g/mol. The van der Waals surface area contributed by atoms with Gasteiger partial charge in [0, 0.05) is 5.54 Å². The minimum absolute atomic E-state index is 0.153. The standard InChI is InChI=1S/C12H16FN/c1-12(2,14)11-6-5-9(13)7-10(11)8-3-4-8/h5-8H,3-4,14H2,1-2H3. The highest BCUT2D eigenvalue weighted by Gasteiger charge is 2.30. The van der Waals surface area contributed by atoms with Crippen LogP contribution in [0, 0.1) is 5.82 Å². The van der Waals surface area contributed by atoms with Crippen molar-refractivity contribution in [2.45, 2.75) is 38.1 Å². The zero-order valence-electron chi connectivity index (χ0n) is 8.68. The lowest BCUT2D eigenvalue weighted by Gasteiger charge is -2.23. The predicted molar refractivity (Wildman–Crippen MR) is 55.6 cm³/mol. The molecule has 0 amide bonds.